The van der Waals surface area contributed by atoms with Gasteiger partial charge in [0, 0.05) is 49.6 Å². The number of carbonyl (C=O) groups excluding carboxylic acids is 2. The van der Waals surface area contributed by atoms with Gasteiger partial charge in [-0.1, -0.05) is 31.0 Å². The molecule has 4 rings (SSSR count). The van der Waals surface area contributed by atoms with Crippen LogP contribution in [0.3, 0.4) is 0 Å². The van der Waals surface area contributed by atoms with Gasteiger partial charge in [0.1, 0.15) is 11.6 Å². The van der Waals surface area contributed by atoms with Crippen molar-refractivity contribution in [3.8, 4) is 0 Å². The molecule has 0 spiro atoms. The van der Waals surface area contributed by atoms with Gasteiger partial charge in [0.15, 0.2) is 0 Å². The summed E-state index contributed by atoms with van der Waals surface area (Å²) in [6.07, 6.45) is 6.30. The Kier molecular flexibility index (Phi) is 6.45. The molecule has 0 bridgehead atoms. The summed E-state index contributed by atoms with van der Waals surface area (Å²) in [6, 6.07) is 7.33. The van der Waals surface area contributed by atoms with E-state index in [1.807, 2.05) is 67.7 Å². The number of hydrogen-bond acceptors (Lipinski definition) is 4. The molecule has 2 heterocycles. The highest BCUT2D eigenvalue weighted by Gasteiger charge is 2.44. The van der Waals surface area contributed by atoms with Gasteiger partial charge in [0.05, 0.1) is 5.60 Å². The third kappa shape index (κ3) is 5.18. The summed E-state index contributed by atoms with van der Waals surface area (Å²) in [5.41, 5.74) is 0.787. The maximum Gasteiger partial charge on any atom is 0.408 e. The summed E-state index contributed by atoms with van der Waals surface area (Å²) in [6.45, 7) is 6.47. The minimum absolute atomic E-state index is 0.101. The van der Waals surface area contributed by atoms with Crippen LogP contribution in [-0.2, 0) is 23.0 Å². The number of likely N-dealkylation sites (tertiary alicyclic amines) is 1. The predicted octanol–water partition coefficient (Wildman–Crippen LogP) is 3.77. The summed E-state index contributed by atoms with van der Waals surface area (Å²) >= 11 is 0. The largest absolute Gasteiger partial charge is 0.444 e. The molecular weight excluding hydrogens is 418 g/mol. The number of para-hydroxylation sites is 1. The number of aryl methyl sites for hydroxylation is 1. The van der Waals surface area contributed by atoms with Crippen LogP contribution in [0.5, 0.6) is 0 Å². The van der Waals surface area contributed by atoms with Crippen molar-refractivity contribution in [3.05, 3.63) is 36.0 Å². The van der Waals surface area contributed by atoms with Crippen LogP contribution in [0.15, 0.2) is 30.5 Å². The van der Waals surface area contributed by atoms with Crippen LogP contribution >= 0.6 is 0 Å². The first-order valence-corrected chi connectivity index (χ1v) is 12.1. The van der Waals surface area contributed by atoms with Gasteiger partial charge in [-0.2, -0.15) is 0 Å². The van der Waals surface area contributed by atoms with Crippen molar-refractivity contribution in [1.82, 2.24) is 14.8 Å². The number of nitrogens with zero attached hydrogens (tertiary/aromatic N) is 2. The first kappa shape index (κ1) is 23.6. The smallest absolute Gasteiger partial charge is 0.408 e. The van der Waals surface area contributed by atoms with Crippen molar-refractivity contribution < 1.29 is 19.4 Å². The topological polar surface area (TPSA) is 83.8 Å². The summed E-state index contributed by atoms with van der Waals surface area (Å²) in [4.78, 5) is 28.2. The monoisotopic (exact) mass is 455 g/mol. The second-order valence-electron chi connectivity index (χ2n) is 10.8. The van der Waals surface area contributed by atoms with Gasteiger partial charge in [-0.15, -0.1) is 0 Å². The number of amides is 2. The van der Waals surface area contributed by atoms with Gasteiger partial charge >= 0.3 is 6.09 Å². The van der Waals surface area contributed by atoms with Crippen LogP contribution in [0.1, 0.15) is 58.4 Å². The Morgan fingerprint density at radius 1 is 1.24 bits per heavy atom. The van der Waals surface area contributed by atoms with Crippen LogP contribution < -0.4 is 5.32 Å². The Morgan fingerprint density at radius 3 is 2.76 bits per heavy atom. The number of nitrogens with one attached hydrogen (secondary N) is 1. The Bertz CT molecular complexity index is 1020. The van der Waals surface area contributed by atoms with Crippen molar-refractivity contribution in [1.29, 1.82) is 0 Å². The van der Waals surface area contributed by atoms with Crippen LogP contribution in [-0.4, -0.2) is 56.9 Å². The van der Waals surface area contributed by atoms with Gasteiger partial charge in [-0.05, 0) is 51.7 Å². The van der Waals surface area contributed by atoms with E-state index in [4.69, 9.17) is 4.74 Å². The number of aromatic nitrogens is 1. The number of piperidine rings is 1. The van der Waals surface area contributed by atoms with Gasteiger partial charge in [0.2, 0.25) is 5.91 Å². The Labute approximate surface area is 196 Å². The van der Waals surface area contributed by atoms with Gasteiger partial charge in [-0.25, -0.2) is 4.79 Å². The minimum Gasteiger partial charge on any atom is -0.444 e. The van der Waals surface area contributed by atoms with E-state index >= 15 is 0 Å². The molecule has 7 nitrogen and oxygen atoms in total. The minimum atomic E-state index is -0.736. The van der Waals surface area contributed by atoms with Crippen LogP contribution in [0.2, 0.25) is 0 Å². The summed E-state index contributed by atoms with van der Waals surface area (Å²) < 4.78 is 7.52. The van der Waals surface area contributed by atoms with Crippen molar-refractivity contribution >= 4 is 22.9 Å². The fraction of sp³-hybridized carbons (Fsp3) is 0.615. The third-order valence-corrected chi connectivity index (χ3v) is 7.13. The number of alkyl carbamates (subject to hydrolysis) is 1. The normalized spacial score (nSPS) is 24.3. The number of rotatable bonds is 4. The lowest BCUT2D eigenvalue weighted by Gasteiger charge is -2.48. The number of fused-ring (bicyclic) bond motifs is 2. The molecule has 2 aliphatic rings. The maximum absolute atomic E-state index is 13.7. The van der Waals surface area contributed by atoms with E-state index in [0.29, 0.717) is 25.9 Å². The van der Waals surface area contributed by atoms with Crippen LogP contribution in [0.25, 0.3) is 10.9 Å². The zero-order valence-electron chi connectivity index (χ0n) is 20.3. The SMILES string of the molecule is Cn1cc(C[C@H](NC(=O)OC(C)(C)C)C(=O)N2CC[C@]3(O)CCCC[C@@H]3C2)c2ccccc21. The molecule has 0 unspecified atom stereocenters. The number of ether oxygens (including phenoxy) is 1. The molecule has 180 valence electrons. The second-order valence-corrected chi connectivity index (χ2v) is 10.8. The van der Waals surface area contributed by atoms with Crippen LogP contribution in [0.4, 0.5) is 4.79 Å². The van der Waals surface area contributed by atoms with E-state index in [-0.39, 0.29) is 11.8 Å². The molecule has 2 fully saturated rings. The van der Waals surface area contributed by atoms with Crippen molar-refractivity contribution in [2.75, 3.05) is 13.1 Å². The van der Waals surface area contributed by atoms with E-state index in [2.05, 4.69) is 5.32 Å². The van der Waals surface area contributed by atoms with Gasteiger partial charge < -0.3 is 24.6 Å². The zero-order chi connectivity index (χ0) is 23.8. The standard InChI is InChI=1S/C26H37N3O4/c1-25(2,3)33-24(31)27-21(15-18-16-28(4)22-11-6-5-10-20(18)22)23(30)29-14-13-26(32)12-8-7-9-19(26)17-29/h5-6,10-11,16,19,21,32H,7-9,12-15,17H2,1-4H3,(H,27,31)/t19-,21+,26-/m1/s1. The highest BCUT2D eigenvalue weighted by atomic mass is 16.6. The van der Waals surface area contributed by atoms with Gasteiger partial charge in [0.25, 0.3) is 0 Å². The lowest BCUT2D eigenvalue weighted by Crippen LogP contribution is -2.58. The number of hydrogen-bond donors (Lipinski definition) is 2. The third-order valence-electron chi connectivity index (χ3n) is 7.13. The van der Waals surface area contributed by atoms with Crippen LogP contribution in [0, 0.1) is 5.92 Å². The van der Waals surface area contributed by atoms with E-state index in [9.17, 15) is 14.7 Å². The molecule has 1 aromatic heterocycles. The summed E-state index contributed by atoms with van der Waals surface area (Å²) in [7, 11) is 1.98. The van der Waals surface area contributed by atoms with Crippen molar-refractivity contribution in [3.63, 3.8) is 0 Å². The highest BCUT2D eigenvalue weighted by Crippen LogP contribution is 2.40. The molecule has 3 atom stereocenters. The Morgan fingerprint density at radius 2 is 2.00 bits per heavy atom. The average molecular weight is 456 g/mol. The quantitative estimate of drug-likeness (QED) is 0.735. The Balaban J connectivity index is 1.57. The van der Waals surface area contributed by atoms with E-state index < -0.39 is 23.3 Å². The molecular formula is C26H37N3O4. The lowest BCUT2D eigenvalue weighted by molar-refractivity contribution is -0.145. The molecule has 2 aromatic rings. The Hall–Kier alpha value is -2.54. The molecule has 0 radical (unpaired) electrons. The molecule has 2 N–H and O–H groups in total. The fourth-order valence-corrected chi connectivity index (χ4v) is 5.45. The molecule has 1 aliphatic heterocycles. The maximum atomic E-state index is 13.7. The molecule has 1 aliphatic carbocycles. The predicted molar refractivity (Wildman–Crippen MR) is 128 cm³/mol. The molecule has 1 saturated heterocycles. The molecule has 7 heteroatoms. The van der Waals surface area contributed by atoms with E-state index in [1.54, 1.807) is 0 Å². The molecule has 1 saturated carbocycles. The summed E-state index contributed by atoms with van der Waals surface area (Å²) in [5.74, 6) is -0.00917. The van der Waals surface area contributed by atoms with E-state index in [0.717, 1.165) is 42.1 Å². The van der Waals surface area contributed by atoms with Crippen molar-refractivity contribution in [2.24, 2.45) is 13.0 Å². The first-order chi connectivity index (χ1) is 15.6. The second kappa shape index (κ2) is 9.01. The highest BCUT2D eigenvalue weighted by molar-refractivity contribution is 5.88. The van der Waals surface area contributed by atoms with Gasteiger partial charge in [-0.3, -0.25) is 4.79 Å². The number of carbonyl (C=O) groups is 2. The average Bonchev–Trinajstić information content (AvgIpc) is 3.06. The zero-order valence-corrected chi connectivity index (χ0v) is 20.3. The number of aliphatic hydroxyl groups is 1. The molecule has 33 heavy (non-hydrogen) atoms. The fourth-order valence-electron chi connectivity index (χ4n) is 5.45. The molecule has 1 aromatic carbocycles. The van der Waals surface area contributed by atoms with E-state index in [1.165, 1.54) is 0 Å². The van der Waals surface area contributed by atoms with Crippen molar-refractivity contribution in [2.45, 2.75) is 76.5 Å². The molecule has 2 amide bonds. The first-order valence-electron chi connectivity index (χ1n) is 12.1. The lowest BCUT2D eigenvalue weighted by atomic mass is 9.71. The number of benzene rings is 1. The summed E-state index contributed by atoms with van der Waals surface area (Å²) in [5, 5.41) is 15.0.